The minimum Gasteiger partial charge on any atom is -0.338 e. The number of hydrogen-bond donors (Lipinski definition) is 1. The molecule has 2 amide bonds. The number of likely N-dealkylation sites (tertiary alicyclic amines) is 1. The van der Waals surface area contributed by atoms with E-state index in [1.165, 1.54) is 11.3 Å². The summed E-state index contributed by atoms with van der Waals surface area (Å²) in [6.45, 7) is 1.24. The summed E-state index contributed by atoms with van der Waals surface area (Å²) >= 11 is 1.46. The van der Waals surface area contributed by atoms with Crippen molar-refractivity contribution in [1.82, 2.24) is 14.5 Å². The van der Waals surface area contributed by atoms with Crippen molar-refractivity contribution < 1.29 is 9.59 Å². The van der Waals surface area contributed by atoms with Gasteiger partial charge < -0.3 is 14.8 Å². The number of carbonyl (C=O) groups excluding carboxylic acids is 2. The van der Waals surface area contributed by atoms with Gasteiger partial charge >= 0.3 is 0 Å². The third kappa shape index (κ3) is 3.93. The van der Waals surface area contributed by atoms with Crippen molar-refractivity contribution in [2.75, 3.05) is 18.4 Å². The van der Waals surface area contributed by atoms with E-state index in [2.05, 4.69) is 10.3 Å². The summed E-state index contributed by atoms with van der Waals surface area (Å²) in [5.41, 5.74) is 1.77. The normalized spacial score (nSPS) is 14.9. The fraction of sp³-hybridized carbons (Fsp3) is 0.250. The van der Waals surface area contributed by atoms with Crippen LogP contribution in [0.4, 0.5) is 5.69 Å². The Morgan fingerprint density at radius 3 is 2.52 bits per heavy atom. The molecule has 27 heavy (non-hydrogen) atoms. The summed E-state index contributed by atoms with van der Waals surface area (Å²) < 4.78 is 1.91. The van der Waals surface area contributed by atoms with Crippen molar-refractivity contribution in [2.24, 2.45) is 5.92 Å². The van der Waals surface area contributed by atoms with Crippen LogP contribution in [-0.2, 0) is 4.79 Å². The standard InChI is InChI=1S/C20H20N4O2S/c25-19(22-16-3-5-17(6-4-16)24-12-9-21-14-24)15-7-10-23(11-8-15)20(26)18-2-1-13-27-18/h1-6,9,12-15H,7-8,10-11H2,(H,22,25). The molecule has 4 rings (SSSR count). The topological polar surface area (TPSA) is 67.2 Å². The second kappa shape index (κ2) is 7.75. The number of nitrogens with one attached hydrogen (secondary N) is 1. The number of anilines is 1. The summed E-state index contributed by atoms with van der Waals surface area (Å²) in [6, 6.07) is 11.4. The van der Waals surface area contributed by atoms with Crippen LogP contribution in [0.15, 0.2) is 60.5 Å². The van der Waals surface area contributed by atoms with Crippen molar-refractivity contribution in [3.8, 4) is 5.69 Å². The molecule has 3 aromatic rings. The van der Waals surface area contributed by atoms with Crippen molar-refractivity contribution >= 4 is 28.8 Å². The van der Waals surface area contributed by atoms with E-state index in [-0.39, 0.29) is 17.7 Å². The molecule has 1 aliphatic heterocycles. The molecule has 0 bridgehead atoms. The lowest BCUT2D eigenvalue weighted by atomic mass is 9.95. The third-order valence-corrected chi connectivity index (χ3v) is 5.68. The first-order chi connectivity index (χ1) is 13.2. The summed E-state index contributed by atoms with van der Waals surface area (Å²) in [5, 5.41) is 4.90. The highest BCUT2D eigenvalue weighted by Gasteiger charge is 2.28. The maximum Gasteiger partial charge on any atom is 0.263 e. The predicted molar refractivity (Wildman–Crippen MR) is 105 cm³/mol. The molecule has 0 spiro atoms. The van der Waals surface area contributed by atoms with Gasteiger partial charge in [0.1, 0.15) is 0 Å². The maximum atomic E-state index is 12.6. The summed E-state index contributed by atoms with van der Waals surface area (Å²) in [5.74, 6) is 0.0262. The number of hydrogen-bond acceptors (Lipinski definition) is 4. The molecule has 6 nitrogen and oxygen atoms in total. The first-order valence-corrected chi connectivity index (χ1v) is 9.81. The van der Waals surface area contributed by atoms with Gasteiger partial charge in [0.05, 0.1) is 11.2 Å². The summed E-state index contributed by atoms with van der Waals surface area (Å²) in [6.07, 6.45) is 6.72. The van der Waals surface area contributed by atoms with Crippen LogP contribution in [0.2, 0.25) is 0 Å². The average Bonchev–Trinajstić information content (AvgIpc) is 3.42. The van der Waals surface area contributed by atoms with E-state index < -0.39 is 0 Å². The van der Waals surface area contributed by atoms with E-state index in [4.69, 9.17) is 0 Å². The second-order valence-corrected chi connectivity index (χ2v) is 7.50. The molecule has 1 aromatic carbocycles. The zero-order valence-electron chi connectivity index (χ0n) is 14.7. The van der Waals surface area contributed by atoms with Gasteiger partial charge in [-0.1, -0.05) is 6.07 Å². The van der Waals surface area contributed by atoms with E-state index in [0.717, 1.165) is 16.3 Å². The molecule has 0 unspecified atom stereocenters. The van der Waals surface area contributed by atoms with Crippen LogP contribution < -0.4 is 5.32 Å². The number of thiophene rings is 1. The molecule has 1 saturated heterocycles. The number of amides is 2. The van der Waals surface area contributed by atoms with E-state index >= 15 is 0 Å². The minimum atomic E-state index is -0.0642. The van der Waals surface area contributed by atoms with Crippen molar-refractivity contribution in [2.45, 2.75) is 12.8 Å². The SMILES string of the molecule is O=C(Nc1ccc(-n2ccnc2)cc1)C1CCN(C(=O)c2cccs2)CC1. The third-order valence-electron chi connectivity index (χ3n) is 4.82. The maximum absolute atomic E-state index is 12.6. The molecule has 0 saturated carbocycles. The van der Waals surface area contributed by atoms with E-state index in [9.17, 15) is 9.59 Å². The van der Waals surface area contributed by atoms with Crippen LogP contribution in [-0.4, -0.2) is 39.4 Å². The number of carbonyl (C=O) groups is 2. The first-order valence-electron chi connectivity index (χ1n) is 8.93. The molecular formula is C20H20N4O2S. The van der Waals surface area contributed by atoms with Gasteiger partial charge in [0.25, 0.3) is 5.91 Å². The number of benzene rings is 1. The second-order valence-electron chi connectivity index (χ2n) is 6.55. The Morgan fingerprint density at radius 2 is 1.89 bits per heavy atom. The molecule has 138 valence electrons. The fourth-order valence-electron chi connectivity index (χ4n) is 3.27. The molecule has 3 heterocycles. The average molecular weight is 380 g/mol. The van der Waals surface area contributed by atoms with E-state index in [0.29, 0.717) is 25.9 Å². The molecule has 0 atom stereocenters. The Balaban J connectivity index is 1.31. The molecule has 2 aromatic heterocycles. The predicted octanol–water partition coefficient (Wildman–Crippen LogP) is 3.42. The van der Waals surface area contributed by atoms with Crippen molar-refractivity contribution in [3.63, 3.8) is 0 Å². The zero-order chi connectivity index (χ0) is 18.6. The highest BCUT2D eigenvalue weighted by molar-refractivity contribution is 7.12. The van der Waals surface area contributed by atoms with Gasteiger partial charge in [-0.25, -0.2) is 4.98 Å². The van der Waals surface area contributed by atoms with Gasteiger partial charge in [-0.05, 0) is 48.6 Å². The van der Waals surface area contributed by atoms with Crippen LogP contribution in [0.25, 0.3) is 5.69 Å². The first kappa shape index (κ1) is 17.5. The molecule has 1 N–H and O–H groups in total. The lowest BCUT2D eigenvalue weighted by molar-refractivity contribution is -0.121. The van der Waals surface area contributed by atoms with Crippen LogP contribution in [0.3, 0.4) is 0 Å². The van der Waals surface area contributed by atoms with Gasteiger partial charge in [-0.3, -0.25) is 9.59 Å². The Labute approximate surface area is 161 Å². The highest BCUT2D eigenvalue weighted by atomic mass is 32.1. The molecular weight excluding hydrogens is 360 g/mol. The molecule has 1 aliphatic rings. The van der Waals surface area contributed by atoms with Crippen LogP contribution in [0.1, 0.15) is 22.5 Å². The van der Waals surface area contributed by atoms with Crippen molar-refractivity contribution in [1.29, 1.82) is 0 Å². The highest BCUT2D eigenvalue weighted by Crippen LogP contribution is 2.22. The molecule has 1 fully saturated rings. The minimum absolute atomic E-state index is 0.0219. The quantitative estimate of drug-likeness (QED) is 0.754. The Hall–Kier alpha value is -2.93. The summed E-state index contributed by atoms with van der Waals surface area (Å²) in [4.78, 5) is 31.6. The lowest BCUT2D eigenvalue weighted by Crippen LogP contribution is -2.41. The smallest absolute Gasteiger partial charge is 0.263 e. The Bertz CT molecular complexity index is 896. The number of rotatable bonds is 4. The van der Waals surface area contributed by atoms with Gasteiger partial charge in [0, 0.05) is 42.8 Å². The van der Waals surface area contributed by atoms with Gasteiger partial charge in [-0.2, -0.15) is 0 Å². The van der Waals surface area contributed by atoms with Gasteiger partial charge in [0.15, 0.2) is 0 Å². The number of imidazole rings is 1. The van der Waals surface area contributed by atoms with E-state index in [1.54, 1.807) is 12.5 Å². The fourth-order valence-corrected chi connectivity index (χ4v) is 3.96. The van der Waals surface area contributed by atoms with Crippen LogP contribution in [0.5, 0.6) is 0 Å². The number of piperidine rings is 1. The van der Waals surface area contributed by atoms with E-state index in [1.807, 2.05) is 57.4 Å². The van der Waals surface area contributed by atoms with Gasteiger partial charge in [-0.15, -0.1) is 11.3 Å². The Kier molecular flexibility index (Phi) is 5.02. The van der Waals surface area contributed by atoms with Crippen LogP contribution >= 0.6 is 11.3 Å². The molecule has 7 heteroatoms. The number of aromatic nitrogens is 2. The summed E-state index contributed by atoms with van der Waals surface area (Å²) in [7, 11) is 0. The van der Waals surface area contributed by atoms with Crippen molar-refractivity contribution in [3.05, 3.63) is 65.4 Å². The van der Waals surface area contributed by atoms with Gasteiger partial charge in [0.2, 0.25) is 5.91 Å². The molecule has 0 aliphatic carbocycles. The molecule has 0 radical (unpaired) electrons. The van der Waals surface area contributed by atoms with Crippen LogP contribution in [0, 0.1) is 5.92 Å². The monoisotopic (exact) mass is 380 g/mol. The Morgan fingerprint density at radius 1 is 1.11 bits per heavy atom. The zero-order valence-corrected chi connectivity index (χ0v) is 15.6. The number of nitrogens with zero attached hydrogens (tertiary/aromatic N) is 3. The lowest BCUT2D eigenvalue weighted by Gasteiger charge is -2.31. The largest absolute Gasteiger partial charge is 0.338 e.